The summed E-state index contributed by atoms with van der Waals surface area (Å²) in [5.74, 6) is -0.853. The molecule has 0 fully saturated rings. The van der Waals surface area contributed by atoms with E-state index in [4.69, 9.17) is 10.8 Å². The van der Waals surface area contributed by atoms with E-state index in [1.807, 2.05) is 13.8 Å². The van der Waals surface area contributed by atoms with Crippen molar-refractivity contribution in [2.45, 2.75) is 32.4 Å². The highest BCUT2D eigenvalue weighted by Gasteiger charge is 2.15. The first kappa shape index (κ1) is 10.4. The molecule has 0 unspecified atom stereocenters. The van der Waals surface area contributed by atoms with Crippen LogP contribution in [0.1, 0.15) is 20.8 Å². The van der Waals surface area contributed by atoms with Gasteiger partial charge < -0.3 is 16.2 Å². The van der Waals surface area contributed by atoms with Crippen LogP contribution >= 0.6 is 0 Å². The van der Waals surface area contributed by atoms with Crippen molar-refractivity contribution in [3.8, 4) is 0 Å². The molecule has 0 heterocycles. The van der Waals surface area contributed by atoms with E-state index in [0.717, 1.165) is 0 Å². The van der Waals surface area contributed by atoms with Gasteiger partial charge in [0.05, 0.1) is 0 Å². The Balaban J connectivity index is 3.63. The van der Waals surface area contributed by atoms with E-state index >= 15 is 0 Å². The molecule has 0 rings (SSSR count). The molecule has 0 aliphatic heterocycles. The smallest absolute Gasteiger partial charge is 0.320 e. The van der Waals surface area contributed by atoms with Crippen molar-refractivity contribution < 1.29 is 9.90 Å². The first-order chi connectivity index (χ1) is 4.83. The third kappa shape index (κ3) is 5.82. The van der Waals surface area contributed by atoms with Gasteiger partial charge in [-0.05, 0) is 20.8 Å². The minimum Gasteiger partial charge on any atom is -0.480 e. The molecule has 0 aliphatic rings. The summed E-state index contributed by atoms with van der Waals surface area (Å²) in [6.07, 6.45) is 0. The van der Waals surface area contributed by atoms with Crippen LogP contribution in [-0.2, 0) is 4.79 Å². The number of hydrogen-bond donors (Lipinski definition) is 3. The minimum absolute atomic E-state index is 0.357. The molecular weight excluding hydrogens is 144 g/mol. The van der Waals surface area contributed by atoms with E-state index in [9.17, 15) is 4.79 Å². The molecule has 4 N–H and O–H groups in total. The molecule has 0 aromatic rings. The number of rotatable bonds is 4. The van der Waals surface area contributed by atoms with Gasteiger partial charge in [-0.15, -0.1) is 0 Å². The maximum absolute atomic E-state index is 10.3. The Hall–Kier alpha value is -0.610. The quantitative estimate of drug-likeness (QED) is 0.531. The molecule has 4 heteroatoms. The fourth-order valence-electron chi connectivity index (χ4n) is 0.503. The van der Waals surface area contributed by atoms with Gasteiger partial charge in [-0.25, -0.2) is 0 Å². The SMILES string of the molecule is C[C@@H](NCC(C)(C)N)C(=O)O. The second-order valence-corrected chi connectivity index (χ2v) is 3.43. The highest BCUT2D eigenvalue weighted by Crippen LogP contribution is 1.93. The zero-order valence-corrected chi connectivity index (χ0v) is 7.22. The largest absolute Gasteiger partial charge is 0.480 e. The van der Waals surface area contributed by atoms with Crippen LogP contribution in [0.5, 0.6) is 0 Å². The first-order valence-electron chi connectivity index (χ1n) is 3.58. The molecule has 0 radical (unpaired) electrons. The summed E-state index contributed by atoms with van der Waals surface area (Å²) in [6.45, 7) is 5.78. The van der Waals surface area contributed by atoms with Gasteiger partial charge in [0, 0.05) is 12.1 Å². The Morgan fingerprint density at radius 1 is 1.73 bits per heavy atom. The van der Waals surface area contributed by atoms with E-state index in [2.05, 4.69) is 5.32 Å². The van der Waals surface area contributed by atoms with Gasteiger partial charge in [-0.1, -0.05) is 0 Å². The van der Waals surface area contributed by atoms with Crippen LogP contribution in [0.2, 0.25) is 0 Å². The molecule has 1 atom stereocenters. The molecular formula is C7H16N2O2. The monoisotopic (exact) mass is 160 g/mol. The first-order valence-corrected chi connectivity index (χ1v) is 3.58. The lowest BCUT2D eigenvalue weighted by Crippen LogP contribution is -2.47. The van der Waals surface area contributed by atoms with Crippen molar-refractivity contribution >= 4 is 5.97 Å². The van der Waals surface area contributed by atoms with Gasteiger partial charge in [-0.2, -0.15) is 0 Å². The molecule has 0 saturated carbocycles. The minimum atomic E-state index is -0.853. The average molecular weight is 160 g/mol. The fraction of sp³-hybridized carbons (Fsp3) is 0.857. The highest BCUT2D eigenvalue weighted by atomic mass is 16.4. The van der Waals surface area contributed by atoms with Crippen LogP contribution in [0.25, 0.3) is 0 Å². The lowest BCUT2D eigenvalue weighted by atomic mass is 10.1. The van der Waals surface area contributed by atoms with Gasteiger partial charge in [0.15, 0.2) is 0 Å². The summed E-state index contributed by atoms with van der Waals surface area (Å²) in [5.41, 5.74) is 5.27. The molecule has 0 saturated heterocycles. The molecule has 0 aromatic heterocycles. The second-order valence-electron chi connectivity index (χ2n) is 3.43. The fourth-order valence-corrected chi connectivity index (χ4v) is 0.503. The predicted molar refractivity (Wildman–Crippen MR) is 43.4 cm³/mol. The molecule has 66 valence electrons. The lowest BCUT2D eigenvalue weighted by molar-refractivity contribution is -0.139. The van der Waals surface area contributed by atoms with Crippen LogP contribution in [0.4, 0.5) is 0 Å². The second kappa shape index (κ2) is 3.69. The van der Waals surface area contributed by atoms with Gasteiger partial charge in [0.1, 0.15) is 6.04 Å². The maximum atomic E-state index is 10.3. The zero-order valence-electron chi connectivity index (χ0n) is 7.22. The molecule has 0 aliphatic carbocycles. The summed E-state index contributed by atoms with van der Waals surface area (Å²) in [7, 11) is 0. The van der Waals surface area contributed by atoms with Crippen molar-refractivity contribution in [1.29, 1.82) is 0 Å². The number of nitrogens with two attached hydrogens (primary N) is 1. The Morgan fingerprint density at radius 3 is 2.45 bits per heavy atom. The van der Waals surface area contributed by atoms with Crippen molar-refractivity contribution in [1.82, 2.24) is 5.32 Å². The summed E-state index contributed by atoms with van der Waals surface area (Å²) in [6, 6.07) is -0.530. The number of hydrogen-bond acceptors (Lipinski definition) is 3. The van der Waals surface area contributed by atoms with Crippen LogP contribution in [0.3, 0.4) is 0 Å². The van der Waals surface area contributed by atoms with Crippen LogP contribution in [0.15, 0.2) is 0 Å². The van der Waals surface area contributed by atoms with Gasteiger partial charge in [0.25, 0.3) is 0 Å². The molecule has 0 amide bonds. The standard InChI is InChI=1S/C7H16N2O2/c1-5(6(10)11)9-4-7(2,3)8/h5,9H,4,8H2,1-3H3,(H,10,11)/t5-/m1/s1. The van der Waals surface area contributed by atoms with E-state index in [1.165, 1.54) is 0 Å². The summed E-state index contributed by atoms with van der Waals surface area (Å²) in [4.78, 5) is 10.3. The Labute approximate surface area is 66.8 Å². The summed E-state index contributed by atoms with van der Waals surface area (Å²) < 4.78 is 0. The van der Waals surface area contributed by atoms with E-state index < -0.39 is 12.0 Å². The maximum Gasteiger partial charge on any atom is 0.320 e. The molecule has 4 nitrogen and oxygen atoms in total. The third-order valence-electron chi connectivity index (χ3n) is 1.23. The third-order valence-corrected chi connectivity index (χ3v) is 1.23. The number of carboxylic acid groups (broad SMARTS) is 1. The average Bonchev–Trinajstić information content (AvgIpc) is 1.80. The highest BCUT2D eigenvalue weighted by molar-refractivity contribution is 5.72. The number of aliphatic carboxylic acids is 1. The number of nitrogens with one attached hydrogen (secondary N) is 1. The van der Waals surface area contributed by atoms with E-state index in [1.54, 1.807) is 6.92 Å². The van der Waals surface area contributed by atoms with Crippen LogP contribution < -0.4 is 11.1 Å². The Morgan fingerprint density at radius 2 is 2.18 bits per heavy atom. The normalized spacial score (nSPS) is 14.5. The molecule has 11 heavy (non-hydrogen) atoms. The van der Waals surface area contributed by atoms with Crippen LogP contribution in [-0.4, -0.2) is 29.2 Å². The van der Waals surface area contributed by atoms with Gasteiger partial charge >= 0.3 is 5.97 Å². The lowest BCUT2D eigenvalue weighted by Gasteiger charge is -2.20. The summed E-state index contributed by atoms with van der Waals surface area (Å²) >= 11 is 0. The molecule has 0 bridgehead atoms. The Kier molecular flexibility index (Phi) is 3.48. The predicted octanol–water partition coefficient (Wildman–Crippen LogP) is -0.214. The zero-order chi connectivity index (χ0) is 9.07. The van der Waals surface area contributed by atoms with Crippen molar-refractivity contribution in [3.05, 3.63) is 0 Å². The molecule has 0 spiro atoms. The van der Waals surface area contributed by atoms with Gasteiger partial charge in [-0.3, -0.25) is 4.79 Å². The molecule has 0 aromatic carbocycles. The van der Waals surface area contributed by atoms with E-state index in [0.29, 0.717) is 6.54 Å². The van der Waals surface area contributed by atoms with Crippen LogP contribution in [0, 0.1) is 0 Å². The topological polar surface area (TPSA) is 75.3 Å². The summed E-state index contributed by atoms with van der Waals surface area (Å²) in [5, 5.41) is 11.3. The van der Waals surface area contributed by atoms with Crippen molar-refractivity contribution in [3.63, 3.8) is 0 Å². The van der Waals surface area contributed by atoms with Crippen molar-refractivity contribution in [2.75, 3.05) is 6.54 Å². The van der Waals surface area contributed by atoms with E-state index in [-0.39, 0.29) is 5.54 Å². The number of carboxylic acids is 1. The Bertz CT molecular complexity index is 140. The van der Waals surface area contributed by atoms with Crippen molar-refractivity contribution in [2.24, 2.45) is 5.73 Å². The van der Waals surface area contributed by atoms with Gasteiger partial charge in [0.2, 0.25) is 0 Å². The number of carbonyl (C=O) groups is 1.